The summed E-state index contributed by atoms with van der Waals surface area (Å²) in [5, 5.41) is 9.97. The predicted molar refractivity (Wildman–Crippen MR) is 264 cm³/mol. The highest BCUT2D eigenvalue weighted by Crippen LogP contribution is 2.45. The summed E-state index contributed by atoms with van der Waals surface area (Å²) in [4.78, 5) is 2.42. The molecule has 0 saturated heterocycles. The van der Waals surface area contributed by atoms with Crippen LogP contribution in [-0.4, -0.2) is 4.57 Å². The Morgan fingerprint density at radius 1 is 0.290 bits per heavy atom. The molecule has 2 nitrogen and oxygen atoms in total. The summed E-state index contributed by atoms with van der Waals surface area (Å²) in [7, 11) is 0. The second-order valence-electron chi connectivity index (χ2n) is 16.1. The van der Waals surface area contributed by atoms with E-state index in [0.29, 0.717) is 0 Å². The summed E-state index contributed by atoms with van der Waals surface area (Å²) in [6.07, 6.45) is 0. The Labute approximate surface area is 360 Å². The highest BCUT2D eigenvalue weighted by Gasteiger charge is 2.20. The molecule has 2 heteroatoms. The highest BCUT2D eigenvalue weighted by molar-refractivity contribution is 6.21. The molecule has 0 bridgehead atoms. The van der Waals surface area contributed by atoms with E-state index in [2.05, 4.69) is 252 Å². The first-order valence-electron chi connectivity index (χ1n) is 21.3. The first kappa shape index (κ1) is 35.7. The molecule has 0 saturated carbocycles. The molecule has 62 heavy (non-hydrogen) atoms. The Hall–Kier alpha value is -8.20. The van der Waals surface area contributed by atoms with Crippen molar-refractivity contribution >= 4 is 71.2 Å². The van der Waals surface area contributed by atoms with Gasteiger partial charge in [0.15, 0.2) is 0 Å². The fourth-order valence-corrected chi connectivity index (χ4v) is 9.67. The van der Waals surface area contributed by atoms with E-state index in [4.69, 9.17) is 0 Å². The lowest BCUT2D eigenvalue weighted by Gasteiger charge is -2.28. The lowest BCUT2D eigenvalue weighted by atomic mass is 9.94. The maximum atomic E-state index is 2.45. The predicted octanol–water partition coefficient (Wildman–Crippen LogP) is 16.7. The van der Waals surface area contributed by atoms with Gasteiger partial charge in [-0.15, -0.1) is 0 Å². The Kier molecular flexibility index (Phi) is 8.53. The molecule has 0 radical (unpaired) electrons. The molecule has 0 aliphatic carbocycles. The maximum Gasteiger partial charge on any atom is 0.0547 e. The SMILES string of the molecule is c1ccc(-c2cccc(N(c3ccc(-c4ccccc4-n4c5ccccc5c5c6ccccc6ccc54)cc3)c3ccc(-c4ccc5ccccc5c4)c4ccccc34)c2)cc1. The molecule has 0 atom stereocenters. The molecule has 1 heterocycles. The van der Waals surface area contributed by atoms with Gasteiger partial charge in [0.2, 0.25) is 0 Å². The second-order valence-corrected chi connectivity index (χ2v) is 16.1. The van der Waals surface area contributed by atoms with Gasteiger partial charge in [-0.1, -0.05) is 188 Å². The Morgan fingerprint density at radius 3 is 1.79 bits per heavy atom. The van der Waals surface area contributed by atoms with Crippen LogP contribution >= 0.6 is 0 Å². The lowest BCUT2D eigenvalue weighted by molar-refractivity contribution is 1.18. The first-order valence-corrected chi connectivity index (χ1v) is 21.3. The fraction of sp³-hybridized carbons (Fsp3) is 0. The quantitative estimate of drug-likeness (QED) is 0.156. The van der Waals surface area contributed by atoms with Crippen LogP contribution in [0.4, 0.5) is 17.1 Å². The van der Waals surface area contributed by atoms with Crippen LogP contribution in [0.15, 0.2) is 243 Å². The molecule has 1 aromatic heterocycles. The van der Waals surface area contributed by atoms with Crippen molar-refractivity contribution in [3.63, 3.8) is 0 Å². The van der Waals surface area contributed by atoms with E-state index in [-0.39, 0.29) is 0 Å². The number of para-hydroxylation sites is 2. The minimum atomic E-state index is 1.09. The van der Waals surface area contributed by atoms with Crippen molar-refractivity contribution in [2.45, 2.75) is 0 Å². The van der Waals surface area contributed by atoms with Gasteiger partial charge >= 0.3 is 0 Å². The van der Waals surface area contributed by atoms with Crippen molar-refractivity contribution in [3.8, 4) is 39.1 Å². The molecular formula is C60H40N2. The second kappa shape index (κ2) is 14.8. The fourth-order valence-electron chi connectivity index (χ4n) is 9.67. The first-order chi connectivity index (χ1) is 30.8. The van der Waals surface area contributed by atoms with E-state index in [1.807, 2.05) is 0 Å². The van der Waals surface area contributed by atoms with Crippen LogP contribution in [0.25, 0.3) is 93.2 Å². The molecule has 0 aliphatic heterocycles. The number of benzene rings is 11. The van der Waals surface area contributed by atoms with Gasteiger partial charge in [-0.3, -0.25) is 0 Å². The summed E-state index contributed by atoms with van der Waals surface area (Å²) in [6, 6.07) is 88.5. The smallest absolute Gasteiger partial charge is 0.0547 e. The lowest BCUT2D eigenvalue weighted by Crippen LogP contribution is -2.11. The van der Waals surface area contributed by atoms with Crippen LogP contribution in [0.5, 0.6) is 0 Å². The third kappa shape index (κ3) is 5.96. The van der Waals surface area contributed by atoms with E-state index in [1.54, 1.807) is 0 Å². The zero-order chi connectivity index (χ0) is 41.0. The summed E-state index contributed by atoms with van der Waals surface area (Å²) < 4.78 is 2.45. The van der Waals surface area contributed by atoms with E-state index >= 15 is 0 Å². The average molecular weight is 789 g/mol. The van der Waals surface area contributed by atoms with Crippen LogP contribution in [0.1, 0.15) is 0 Å². The van der Waals surface area contributed by atoms with Crippen molar-refractivity contribution in [1.82, 2.24) is 4.57 Å². The zero-order valence-electron chi connectivity index (χ0n) is 34.0. The van der Waals surface area contributed by atoms with Crippen molar-refractivity contribution in [2.24, 2.45) is 0 Å². The van der Waals surface area contributed by atoms with Gasteiger partial charge in [0, 0.05) is 33.1 Å². The van der Waals surface area contributed by atoms with Gasteiger partial charge in [-0.2, -0.15) is 0 Å². The maximum absolute atomic E-state index is 2.45. The Balaban J connectivity index is 1.02. The van der Waals surface area contributed by atoms with E-state index in [1.165, 1.54) is 81.9 Å². The van der Waals surface area contributed by atoms with Crippen molar-refractivity contribution in [2.75, 3.05) is 4.90 Å². The number of aromatic nitrogens is 1. The minimum Gasteiger partial charge on any atom is -0.310 e. The molecule has 0 N–H and O–H groups in total. The van der Waals surface area contributed by atoms with E-state index < -0.39 is 0 Å². The molecule has 0 aliphatic rings. The van der Waals surface area contributed by atoms with Crippen molar-refractivity contribution in [3.05, 3.63) is 243 Å². The van der Waals surface area contributed by atoms with Crippen LogP contribution < -0.4 is 4.90 Å². The number of hydrogen-bond acceptors (Lipinski definition) is 1. The van der Waals surface area contributed by atoms with Crippen molar-refractivity contribution in [1.29, 1.82) is 0 Å². The van der Waals surface area contributed by atoms with Gasteiger partial charge < -0.3 is 9.47 Å². The Bertz CT molecular complexity index is 3640. The highest BCUT2D eigenvalue weighted by atomic mass is 15.1. The number of nitrogens with zero attached hydrogens (tertiary/aromatic N) is 2. The number of fused-ring (bicyclic) bond motifs is 7. The molecule has 12 aromatic rings. The molecule has 0 amide bonds. The van der Waals surface area contributed by atoms with Crippen LogP contribution in [0.2, 0.25) is 0 Å². The Morgan fingerprint density at radius 2 is 0.935 bits per heavy atom. The van der Waals surface area contributed by atoms with E-state index in [9.17, 15) is 0 Å². The monoisotopic (exact) mass is 788 g/mol. The van der Waals surface area contributed by atoms with Crippen molar-refractivity contribution < 1.29 is 0 Å². The molecule has 0 spiro atoms. The summed E-state index contributed by atoms with van der Waals surface area (Å²) in [6.45, 7) is 0. The molecule has 12 rings (SSSR count). The van der Waals surface area contributed by atoms with Crippen LogP contribution in [0.3, 0.4) is 0 Å². The van der Waals surface area contributed by atoms with Gasteiger partial charge in [-0.05, 0) is 109 Å². The zero-order valence-corrected chi connectivity index (χ0v) is 34.0. The topological polar surface area (TPSA) is 8.17 Å². The van der Waals surface area contributed by atoms with Crippen LogP contribution in [0, 0.1) is 0 Å². The summed E-state index contributed by atoms with van der Waals surface area (Å²) >= 11 is 0. The molecule has 0 fully saturated rings. The number of anilines is 3. The van der Waals surface area contributed by atoms with Gasteiger partial charge in [-0.25, -0.2) is 0 Å². The number of hydrogen-bond donors (Lipinski definition) is 0. The third-order valence-corrected chi connectivity index (χ3v) is 12.6. The molecule has 11 aromatic carbocycles. The average Bonchev–Trinajstić information content (AvgIpc) is 3.69. The number of rotatable bonds is 7. The summed E-state index contributed by atoms with van der Waals surface area (Å²) in [5.74, 6) is 0. The molecule has 0 unspecified atom stereocenters. The van der Waals surface area contributed by atoms with Crippen LogP contribution in [-0.2, 0) is 0 Å². The third-order valence-electron chi connectivity index (χ3n) is 12.6. The molecular weight excluding hydrogens is 749 g/mol. The van der Waals surface area contributed by atoms with Gasteiger partial charge in [0.05, 0.1) is 22.4 Å². The minimum absolute atomic E-state index is 1.09. The van der Waals surface area contributed by atoms with Gasteiger partial charge in [0.1, 0.15) is 0 Å². The standard InChI is InChI=1S/C60H40N2/c1-2-15-41(16-3-1)46-20-14-21-49(40-46)61(58-38-36-50(53-24-8-9-25-54(53)58)47-30-29-42-17-4-5-19-45(42)39-47)48-34-31-44(32-35-48)51-22-10-12-27-56(51)62-57-28-13-11-26-55(57)60-52-23-7-6-18-43(52)33-37-59(60)62/h1-40H. The van der Waals surface area contributed by atoms with Gasteiger partial charge in [0.25, 0.3) is 0 Å². The molecule has 290 valence electrons. The normalized spacial score (nSPS) is 11.5. The largest absolute Gasteiger partial charge is 0.310 e. The summed E-state index contributed by atoms with van der Waals surface area (Å²) in [5.41, 5.74) is 14.0. The van der Waals surface area contributed by atoms with E-state index in [0.717, 1.165) is 28.3 Å².